The lowest BCUT2D eigenvalue weighted by Crippen LogP contribution is -2.20. The summed E-state index contributed by atoms with van der Waals surface area (Å²) in [6.45, 7) is 0. The molecule has 0 radical (unpaired) electrons. The first-order chi connectivity index (χ1) is 8.70. The van der Waals surface area contributed by atoms with Crippen LogP contribution in [0.2, 0.25) is 0 Å². The van der Waals surface area contributed by atoms with Crippen molar-refractivity contribution in [2.24, 2.45) is 0 Å². The zero-order chi connectivity index (χ0) is 12.7. The van der Waals surface area contributed by atoms with Gasteiger partial charge in [0.2, 0.25) is 5.95 Å². The van der Waals surface area contributed by atoms with Crippen molar-refractivity contribution in [2.45, 2.75) is 12.8 Å². The minimum absolute atomic E-state index is 0. The molecule has 3 rings (SSSR count). The molecule has 1 aliphatic rings. The second-order valence-corrected chi connectivity index (χ2v) is 4.26. The molecule has 5 nitrogen and oxygen atoms in total. The Kier molecular flexibility index (Phi) is 3.48. The maximum atomic E-state index is 12.0. The lowest BCUT2D eigenvalue weighted by molar-refractivity contribution is 0.409. The van der Waals surface area contributed by atoms with Gasteiger partial charge in [0, 0.05) is 5.56 Å². The largest absolute Gasteiger partial charge is 0.496 e. The van der Waals surface area contributed by atoms with Crippen molar-refractivity contribution in [2.75, 3.05) is 12.8 Å². The van der Waals surface area contributed by atoms with E-state index in [4.69, 9.17) is 10.5 Å². The van der Waals surface area contributed by atoms with E-state index in [1.54, 1.807) is 7.11 Å². The number of halogens is 1. The Morgan fingerprint density at radius 1 is 1.37 bits per heavy atom. The lowest BCUT2D eigenvalue weighted by Gasteiger charge is -2.20. The van der Waals surface area contributed by atoms with Gasteiger partial charge in [-0.1, -0.05) is 12.1 Å². The van der Waals surface area contributed by atoms with E-state index in [9.17, 15) is 4.79 Å². The topological polar surface area (TPSA) is 81.0 Å². The number of hydrogen-bond acceptors (Lipinski definition) is 4. The molecule has 0 aliphatic heterocycles. The Bertz CT molecular complexity index is 682. The van der Waals surface area contributed by atoms with Gasteiger partial charge in [-0.2, -0.15) is 0 Å². The van der Waals surface area contributed by atoms with E-state index < -0.39 is 0 Å². The molecular formula is C13H14ClN3O2. The van der Waals surface area contributed by atoms with Gasteiger partial charge in [-0.05, 0) is 24.5 Å². The maximum absolute atomic E-state index is 12.0. The number of ether oxygens (including phenoxy) is 1. The standard InChI is InChI=1S/C13H13N3O2.ClH/c1-18-10-4-2-3-8-7(10)5-6-9-11(8)12(17)16-13(14)15-9;/h2-4H,5-6H2,1H3,(H3,14,15,16,17);1H. The number of benzene rings is 1. The van der Waals surface area contributed by atoms with Gasteiger partial charge in [-0.25, -0.2) is 4.98 Å². The molecule has 2 aromatic rings. The number of aromatic nitrogens is 2. The molecule has 0 spiro atoms. The Balaban J connectivity index is 0.00000133. The van der Waals surface area contributed by atoms with Gasteiger partial charge < -0.3 is 10.5 Å². The highest BCUT2D eigenvalue weighted by Crippen LogP contribution is 2.35. The number of rotatable bonds is 1. The Morgan fingerprint density at radius 3 is 2.89 bits per heavy atom. The van der Waals surface area contributed by atoms with Crippen LogP contribution in [0.3, 0.4) is 0 Å². The number of methoxy groups -OCH3 is 1. The van der Waals surface area contributed by atoms with Gasteiger partial charge >= 0.3 is 0 Å². The molecular weight excluding hydrogens is 266 g/mol. The molecule has 0 atom stereocenters. The van der Waals surface area contributed by atoms with E-state index in [1.165, 1.54) is 0 Å². The van der Waals surface area contributed by atoms with Gasteiger partial charge in [0.25, 0.3) is 5.56 Å². The number of H-pyrrole nitrogens is 1. The zero-order valence-corrected chi connectivity index (χ0v) is 11.2. The van der Waals surface area contributed by atoms with Crippen LogP contribution in [0.1, 0.15) is 11.3 Å². The van der Waals surface area contributed by atoms with Gasteiger partial charge in [-0.15, -0.1) is 12.4 Å². The van der Waals surface area contributed by atoms with Crippen LogP contribution in [0, 0.1) is 0 Å². The van der Waals surface area contributed by atoms with Crippen LogP contribution in [0.15, 0.2) is 23.0 Å². The Hall–Kier alpha value is -2.01. The fourth-order valence-electron chi connectivity index (χ4n) is 2.49. The number of nitrogen functional groups attached to an aromatic ring is 1. The highest BCUT2D eigenvalue weighted by atomic mass is 35.5. The molecule has 1 aliphatic carbocycles. The van der Waals surface area contributed by atoms with Crippen molar-refractivity contribution in [1.82, 2.24) is 9.97 Å². The lowest BCUT2D eigenvalue weighted by atomic mass is 9.88. The molecule has 3 N–H and O–H groups in total. The molecule has 6 heteroatoms. The van der Waals surface area contributed by atoms with Crippen LogP contribution >= 0.6 is 12.4 Å². The van der Waals surface area contributed by atoms with Crippen LogP contribution in [0.25, 0.3) is 11.1 Å². The normalized spacial score (nSPS) is 12.1. The summed E-state index contributed by atoms with van der Waals surface area (Å²) < 4.78 is 5.33. The predicted octanol–water partition coefficient (Wildman–Crippen LogP) is 1.55. The van der Waals surface area contributed by atoms with Crippen LogP contribution in [-0.4, -0.2) is 17.1 Å². The number of aromatic amines is 1. The molecule has 19 heavy (non-hydrogen) atoms. The number of nitrogens with zero attached hydrogens (tertiary/aromatic N) is 1. The molecule has 0 fully saturated rings. The van der Waals surface area contributed by atoms with Gasteiger partial charge in [0.05, 0.1) is 18.4 Å². The number of anilines is 1. The first-order valence-electron chi connectivity index (χ1n) is 5.75. The van der Waals surface area contributed by atoms with Crippen LogP contribution in [0.4, 0.5) is 5.95 Å². The molecule has 0 amide bonds. The molecule has 1 aromatic carbocycles. The van der Waals surface area contributed by atoms with E-state index in [0.717, 1.165) is 29.0 Å². The number of hydrogen-bond donors (Lipinski definition) is 2. The zero-order valence-electron chi connectivity index (χ0n) is 10.4. The van der Waals surface area contributed by atoms with E-state index in [1.807, 2.05) is 18.2 Å². The number of nitrogens with one attached hydrogen (secondary N) is 1. The van der Waals surface area contributed by atoms with Gasteiger partial charge in [0.1, 0.15) is 5.75 Å². The summed E-state index contributed by atoms with van der Waals surface area (Å²) in [5, 5.41) is 0. The van der Waals surface area contributed by atoms with E-state index in [0.29, 0.717) is 12.0 Å². The summed E-state index contributed by atoms with van der Waals surface area (Å²) in [5.41, 5.74) is 8.71. The van der Waals surface area contributed by atoms with Crippen molar-refractivity contribution in [3.63, 3.8) is 0 Å². The van der Waals surface area contributed by atoms with E-state index in [2.05, 4.69) is 9.97 Å². The molecule has 0 saturated carbocycles. The van der Waals surface area contributed by atoms with Gasteiger partial charge in [0.15, 0.2) is 0 Å². The quantitative estimate of drug-likeness (QED) is 0.830. The number of nitrogens with two attached hydrogens (primary N) is 1. The summed E-state index contributed by atoms with van der Waals surface area (Å²) in [6.07, 6.45) is 1.51. The third-order valence-electron chi connectivity index (χ3n) is 3.25. The van der Waals surface area contributed by atoms with Crippen LogP contribution < -0.4 is 16.0 Å². The summed E-state index contributed by atoms with van der Waals surface area (Å²) in [6, 6.07) is 5.70. The predicted molar refractivity (Wildman–Crippen MR) is 75.9 cm³/mol. The van der Waals surface area contributed by atoms with Crippen LogP contribution in [-0.2, 0) is 12.8 Å². The molecule has 1 heterocycles. The average molecular weight is 280 g/mol. The average Bonchev–Trinajstić information content (AvgIpc) is 2.36. The highest BCUT2D eigenvalue weighted by Gasteiger charge is 2.23. The number of fused-ring (bicyclic) bond motifs is 3. The Labute approximate surface area is 116 Å². The van der Waals surface area contributed by atoms with E-state index >= 15 is 0 Å². The monoisotopic (exact) mass is 279 g/mol. The number of aryl methyl sites for hydroxylation is 1. The molecule has 100 valence electrons. The third-order valence-corrected chi connectivity index (χ3v) is 3.25. The second-order valence-electron chi connectivity index (χ2n) is 4.26. The SMILES string of the molecule is COc1cccc2c1CCc1nc(N)[nH]c(=O)c1-2.Cl. The molecule has 0 saturated heterocycles. The van der Waals surface area contributed by atoms with Gasteiger partial charge in [-0.3, -0.25) is 9.78 Å². The Morgan fingerprint density at radius 2 is 2.16 bits per heavy atom. The van der Waals surface area contributed by atoms with Crippen molar-refractivity contribution in [3.05, 3.63) is 39.8 Å². The minimum Gasteiger partial charge on any atom is -0.496 e. The van der Waals surface area contributed by atoms with Crippen molar-refractivity contribution >= 4 is 18.4 Å². The van der Waals surface area contributed by atoms with Crippen LogP contribution in [0.5, 0.6) is 5.75 Å². The van der Waals surface area contributed by atoms with Crippen molar-refractivity contribution in [3.8, 4) is 16.9 Å². The van der Waals surface area contributed by atoms with Crippen molar-refractivity contribution < 1.29 is 4.74 Å². The molecule has 0 unspecified atom stereocenters. The summed E-state index contributed by atoms with van der Waals surface area (Å²) >= 11 is 0. The fourth-order valence-corrected chi connectivity index (χ4v) is 2.49. The maximum Gasteiger partial charge on any atom is 0.260 e. The second kappa shape index (κ2) is 4.93. The smallest absolute Gasteiger partial charge is 0.260 e. The fraction of sp³-hybridized carbons (Fsp3) is 0.231. The third kappa shape index (κ3) is 2.06. The van der Waals surface area contributed by atoms with Crippen molar-refractivity contribution in [1.29, 1.82) is 0 Å². The summed E-state index contributed by atoms with van der Waals surface area (Å²) in [4.78, 5) is 18.8. The molecule has 0 bridgehead atoms. The highest BCUT2D eigenvalue weighted by molar-refractivity contribution is 5.85. The molecule has 1 aromatic heterocycles. The summed E-state index contributed by atoms with van der Waals surface area (Å²) in [7, 11) is 1.64. The first-order valence-corrected chi connectivity index (χ1v) is 5.75. The minimum atomic E-state index is -0.188. The van der Waals surface area contributed by atoms with E-state index in [-0.39, 0.29) is 23.9 Å². The first kappa shape index (κ1) is 13.4. The summed E-state index contributed by atoms with van der Waals surface area (Å²) in [5.74, 6) is 0.986.